The Balaban J connectivity index is 1.75. The standard InChI is InChI=1S/C15H20N2O3S/c1-2-21(19,20)17-9-7-11(8-10-17)14-12-5-3-4-6-13(12)16-15(14)18/h3-6,11,14H,2,7-10H2,1H3,(H,16,18). The zero-order valence-electron chi connectivity index (χ0n) is 12.1. The second-order valence-electron chi connectivity index (χ2n) is 5.69. The van der Waals surface area contributed by atoms with Gasteiger partial charge >= 0.3 is 0 Å². The lowest BCUT2D eigenvalue weighted by Gasteiger charge is -2.33. The van der Waals surface area contributed by atoms with Crippen LogP contribution in [0.2, 0.25) is 0 Å². The molecule has 1 aromatic carbocycles. The van der Waals surface area contributed by atoms with Gasteiger partial charge in [0, 0.05) is 18.8 Å². The Morgan fingerprint density at radius 3 is 2.57 bits per heavy atom. The van der Waals surface area contributed by atoms with Crippen LogP contribution in [0.25, 0.3) is 0 Å². The number of anilines is 1. The summed E-state index contributed by atoms with van der Waals surface area (Å²) in [6.07, 6.45) is 1.48. The Kier molecular flexibility index (Phi) is 3.75. The number of para-hydroxylation sites is 1. The second-order valence-corrected chi connectivity index (χ2v) is 7.95. The van der Waals surface area contributed by atoms with E-state index in [1.165, 1.54) is 0 Å². The lowest BCUT2D eigenvalue weighted by Crippen LogP contribution is -2.41. The van der Waals surface area contributed by atoms with E-state index in [2.05, 4.69) is 5.32 Å². The van der Waals surface area contributed by atoms with Crippen LogP contribution in [0.3, 0.4) is 0 Å². The summed E-state index contributed by atoms with van der Waals surface area (Å²) in [5, 5.41) is 2.93. The van der Waals surface area contributed by atoms with E-state index < -0.39 is 10.0 Å². The molecule has 1 amide bonds. The summed E-state index contributed by atoms with van der Waals surface area (Å²) in [5.74, 6) is 0.280. The van der Waals surface area contributed by atoms with Gasteiger partial charge in [0.15, 0.2) is 0 Å². The first-order valence-electron chi connectivity index (χ1n) is 7.40. The monoisotopic (exact) mass is 308 g/mol. The summed E-state index contributed by atoms with van der Waals surface area (Å²) in [5.41, 5.74) is 1.95. The van der Waals surface area contributed by atoms with Crippen LogP contribution < -0.4 is 5.32 Å². The summed E-state index contributed by atoms with van der Waals surface area (Å²) >= 11 is 0. The number of hydrogen-bond acceptors (Lipinski definition) is 3. The number of nitrogens with one attached hydrogen (secondary N) is 1. The number of benzene rings is 1. The minimum Gasteiger partial charge on any atom is -0.325 e. The first-order chi connectivity index (χ1) is 10.0. The molecular formula is C15H20N2O3S. The maximum atomic E-state index is 12.2. The highest BCUT2D eigenvalue weighted by molar-refractivity contribution is 7.89. The number of hydrogen-bond donors (Lipinski definition) is 1. The molecule has 6 heteroatoms. The number of nitrogens with zero attached hydrogens (tertiary/aromatic N) is 1. The number of rotatable bonds is 3. The molecule has 1 unspecified atom stereocenters. The lowest BCUT2D eigenvalue weighted by atomic mass is 9.81. The molecule has 0 aromatic heterocycles. The van der Waals surface area contributed by atoms with Gasteiger partial charge in [0.05, 0.1) is 11.7 Å². The minimum atomic E-state index is -3.11. The van der Waals surface area contributed by atoms with Crippen molar-refractivity contribution in [2.75, 3.05) is 24.2 Å². The zero-order chi connectivity index (χ0) is 15.0. The van der Waals surface area contributed by atoms with E-state index in [0.717, 1.165) is 24.1 Å². The van der Waals surface area contributed by atoms with Gasteiger partial charge in [-0.05, 0) is 37.3 Å². The van der Waals surface area contributed by atoms with Gasteiger partial charge in [-0.3, -0.25) is 4.79 Å². The predicted octanol–water partition coefficient (Wildman–Crippen LogP) is 1.78. The highest BCUT2D eigenvalue weighted by atomic mass is 32.2. The van der Waals surface area contributed by atoms with Crippen LogP contribution in [0.4, 0.5) is 5.69 Å². The third kappa shape index (κ3) is 2.58. The maximum Gasteiger partial charge on any atom is 0.232 e. The summed E-state index contributed by atoms with van der Waals surface area (Å²) in [6, 6.07) is 7.78. The summed E-state index contributed by atoms with van der Waals surface area (Å²) in [4.78, 5) is 12.2. The predicted molar refractivity (Wildman–Crippen MR) is 81.6 cm³/mol. The summed E-state index contributed by atoms with van der Waals surface area (Å²) < 4.78 is 25.3. The third-order valence-corrected chi connectivity index (χ3v) is 6.45. The summed E-state index contributed by atoms with van der Waals surface area (Å²) in [7, 11) is -3.11. The van der Waals surface area contributed by atoms with Gasteiger partial charge in [-0.25, -0.2) is 12.7 Å². The lowest BCUT2D eigenvalue weighted by molar-refractivity contribution is -0.118. The fraction of sp³-hybridized carbons (Fsp3) is 0.533. The van der Waals surface area contributed by atoms with Gasteiger partial charge in [-0.1, -0.05) is 18.2 Å². The number of carbonyl (C=O) groups excluding carboxylic acids is 1. The van der Waals surface area contributed by atoms with Crippen LogP contribution in [-0.2, 0) is 14.8 Å². The first-order valence-corrected chi connectivity index (χ1v) is 9.01. The molecule has 3 rings (SSSR count). The number of piperidine rings is 1. The molecule has 1 fully saturated rings. The number of amides is 1. The van der Waals surface area contributed by atoms with Crippen LogP contribution in [0.1, 0.15) is 31.2 Å². The molecule has 0 spiro atoms. The van der Waals surface area contributed by atoms with E-state index in [1.54, 1.807) is 11.2 Å². The molecule has 21 heavy (non-hydrogen) atoms. The van der Waals surface area contributed by atoms with Crippen LogP contribution in [0.15, 0.2) is 24.3 Å². The summed E-state index contributed by atoms with van der Waals surface area (Å²) in [6.45, 7) is 2.71. The van der Waals surface area contributed by atoms with Crippen molar-refractivity contribution in [2.45, 2.75) is 25.7 Å². The van der Waals surface area contributed by atoms with E-state index in [1.807, 2.05) is 24.3 Å². The maximum absolute atomic E-state index is 12.2. The molecule has 1 aromatic rings. The van der Waals surface area contributed by atoms with Gasteiger partial charge in [0.25, 0.3) is 0 Å². The molecule has 1 saturated heterocycles. The van der Waals surface area contributed by atoms with Gasteiger partial charge in [-0.15, -0.1) is 0 Å². The molecule has 0 radical (unpaired) electrons. The molecule has 1 N–H and O–H groups in total. The molecule has 0 bridgehead atoms. The van der Waals surface area contributed by atoms with Crippen molar-refractivity contribution >= 4 is 21.6 Å². The normalized spacial score (nSPS) is 23.9. The van der Waals surface area contributed by atoms with Crippen LogP contribution in [0.5, 0.6) is 0 Å². The Bertz CT molecular complexity index is 649. The molecular weight excluding hydrogens is 288 g/mol. The molecule has 2 aliphatic heterocycles. The van der Waals surface area contributed by atoms with E-state index in [-0.39, 0.29) is 23.5 Å². The quantitative estimate of drug-likeness (QED) is 0.925. The highest BCUT2D eigenvalue weighted by Gasteiger charge is 2.39. The van der Waals surface area contributed by atoms with Gasteiger partial charge in [0.2, 0.25) is 15.9 Å². The Labute approximate surface area is 125 Å². The number of sulfonamides is 1. The van der Waals surface area contributed by atoms with Crippen LogP contribution >= 0.6 is 0 Å². The first kappa shape index (κ1) is 14.5. The smallest absolute Gasteiger partial charge is 0.232 e. The molecule has 5 nitrogen and oxygen atoms in total. The molecule has 2 heterocycles. The van der Waals surface area contributed by atoms with Crippen LogP contribution in [0, 0.1) is 5.92 Å². The zero-order valence-corrected chi connectivity index (χ0v) is 12.9. The van der Waals surface area contributed by atoms with Crippen molar-refractivity contribution in [3.05, 3.63) is 29.8 Å². The SMILES string of the molecule is CCS(=O)(=O)N1CCC(C2C(=O)Nc3ccccc32)CC1. The van der Waals surface area contributed by atoms with E-state index in [4.69, 9.17) is 0 Å². The highest BCUT2D eigenvalue weighted by Crippen LogP contribution is 2.41. The number of fused-ring (bicyclic) bond motifs is 1. The third-order valence-electron chi connectivity index (χ3n) is 4.56. The topological polar surface area (TPSA) is 66.5 Å². The fourth-order valence-electron chi connectivity index (χ4n) is 3.37. The van der Waals surface area contributed by atoms with Crippen LogP contribution in [-0.4, -0.2) is 37.5 Å². The average molecular weight is 308 g/mol. The molecule has 114 valence electrons. The van der Waals surface area contributed by atoms with E-state index in [0.29, 0.717) is 13.1 Å². The van der Waals surface area contributed by atoms with Crippen molar-refractivity contribution in [2.24, 2.45) is 5.92 Å². The molecule has 2 aliphatic rings. The Hall–Kier alpha value is -1.40. The van der Waals surface area contributed by atoms with Gasteiger partial charge in [0.1, 0.15) is 0 Å². The van der Waals surface area contributed by atoms with Crippen molar-refractivity contribution in [3.8, 4) is 0 Å². The van der Waals surface area contributed by atoms with Crippen molar-refractivity contribution < 1.29 is 13.2 Å². The minimum absolute atomic E-state index is 0.0491. The Morgan fingerprint density at radius 2 is 1.90 bits per heavy atom. The second kappa shape index (κ2) is 5.42. The molecule has 0 aliphatic carbocycles. The van der Waals surface area contributed by atoms with Crippen molar-refractivity contribution in [3.63, 3.8) is 0 Å². The largest absolute Gasteiger partial charge is 0.325 e. The fourth-order valence-corrected chi connectivity index (χ4v) is 4.50. The van der Waals surface area contributed by atoms with Gasteiger partial charge in [-0.2, -0.15) is 0 Å². The van der Waals surface area contributed by atoms with E-state index >= 15 is 0 Å². The van der Waals surface area contributed by atoms with Crippen molar-refractivity contribution in [1.29, 1.82) is 0 Å². The molecule has 0 saturated carbocycles. The Morgan fingerprint density at radius 1 is 1.24 bits per heavy atom. The number of carbonyl (C=O) groups is 1. The average Bonchev–Trinajstić information content (AvgIpc) is 2.83. The van der Waals surface area contributed by atoms with Gasteiger partial charge < -0.3 is 5.32 Å². The van der Waals surface area contributed by atoms with E-state index in [9.17, 15) is 13.2 Å². The van der Waals surface area contributed by atoms with Crippen molar-refractivity contribution in [1.82, 2.24) is 4.31 Å². The molecule has 1 atom stereocenters.